The molecule has 10 heteroatoms. The molecule has 0 radical (unpaired) electrons. The molecule has 4 heterocycles. The van der Waals surface area contributed by atoms with E-state index >= 15 is 8.63 Å². The molecule has 0 spiro atoms. The Morgan fingerprint density at radius 3 is 2.47 bits per heavy atom. The number of benzene rings is 1. The molecule has 1 atom stereocenters. The third-order valence-corrected chi connectivity index (χ3v) is 5.75. The van der Waals surface area contributed by atoms with Crippen molar-refractivity contribution in [2.24, 2.45) is 0 Å². The van der Waals surface area contributed by atoms with Crippen LogP contribution in [0.1, 0.15) is 31.4 Å². The number of hydroxylamine groups is 2. The zero-order valence-corrected chi connectivity index (χ0v) is 16.9. The van der Waals surface area contributed by atoms with Crippen molar-refractivity contribution in [3.8, 4) is 11.3 Å². The molecule has 162 valence electrons. The van der Waals surface area contributed by atoms with E-state index in [0.717, 1.165) is 8.96 Å². The Bertz CT molecular complexity index is 1230. The number of halogens is 2. The predicted octanol–water partition coefficient (Wildman–Crippen LogP) is 3.14. The first-order chi connectivity index (χ1) is 15.4. The van der Waals surface area contributed by atoms with Crippen LogP contribution < -0.4 is 0 Å². The van der Waals surface area contributed by atoms with E-state index in [1.165, 1.54) is 0 Å². The molecule has 3 aliphatic rings. The van der Waals surface area contributed by atoms with E-state index < -0.39 is 24.8 Å². The Hall–Kier alpha value is -3.82. The highest BCUT2D eigenvalue weighted by molar-refractivity contribution is 6.58. The number of allylic oxidation sites excluding steroid dienone is 2. The minimum atomic E-state index is -4.21. The van der Waals surface area contributed by atoms with Crippen molar-refractivity contribution in [2.45, 2.75) is 25.7 Å². The van der Waals surface area contributed by atoms with E-state index in [1.807, 2.05) is 6.07 Å². The Morgan fingerprint density at radius 1 is 1.03 bits per heavy atom. The van der Waals surface area contributed by atoms with Crippen LogP contribution in [0, 0.1) is 0 Å². The molecule has 0 N–H and O–H groups in total. The van der Waals surface area contributed by atoms with Gasteiger partial charge in [0.2, 0.25) is 0 Å². The van der Waals surface area contributed by atoms with Crippen molar-refractivity contribution in [3.05, 3.63) is 66.0 Å². The van der Waals surface area contributed by atoms with Gasteiger partial charge in [-0.25, -0.2) is 4.79 Å². The molecule has 0 bridgehead atoms. The molecule has 1 fully saturated rings. The van der Waals surface area contributed by atoms with Crippen LogP contribution in [-0.4, -0.2) is 44.5 Å². The summed E-state index contributed by atoms with van der Waals surface area (Å²) in [5.41, 5.74) is 2.08. The van der Waals surface area contributed by atoms with Crippen LogP contribution in [0.15, 0.2) is 60.3 Å². The molecule has 7 nitrogen and oxygen atoms in total. The van der Waals surface area contributed by atoms with Gasteiger partial charge in [0.05, 0.1) is 6.42 Å². The molecule has 0 aliphatic carbocycles. The smallest absolute Gasteiger partial charge is 0.390 e. The number of carbonyl (C=O) groups excluding carboxylic acids is 3. The average Bonchev–Trinajstić information content (AvgIpc) is 3.47. The molecule has 2 amide bonds. The summed E-state index contributed by atoms with van der Waals surface area (Å²) >= 11 is 0. The van der Waals surface area contributed by atoms with Gasteiger partial charge in [0.25, 0.3) is 11.8 Å². The SMILES string of the molecule is O=C(CCC1=[N+]2C(=Cc3ccc(-c4ccccc4)n3[B-]2(F)[18F])C=C1)ON1C(=O)CCC1=O. The molecule has 1 unspecified atom stereocenters. The Kier molecular flexibility index (Phi) is 4.65. The van der Waals surface area contributed by atoms with Gasteiger partial charge in [-0.15, -0.1) is 5.06 Å². The van der Waals surface area contributed by atoms with Crippen LogP contribution in [0.25, 0.3) is 17.3 Å². The number of imide groups is 1. The highest BCUT2D eigenvalue weighted by Crippen LogP contribution is 2.36. The summed E-state index contributed by atoms with van der Waals surface area (Å²) in [6, 6.07) is 12.3. The van der Waals surface area contributed by atoms with Crippen LogP contribution in [0.2, 0.25) is 0 Å². The number of nitrogens with zero attached hydrogens (tertiary/aromatic N) is 3. The summed E-state index contributed by atoms with van der Waals surface area (Å²) in [6.07, 6.45) is 4.51. The third kappa shape index (κ3) is 3.19. The minimum absolute atomic E-state index is 0.00808. The first-order valence-electron chi connectivity index (χ1n) is 10.3. The van der Waals surface area contributed by atoms with E-state index in [4.69, 9.17) is 4.84 Å². The normalized spacial score (nSPS) is 21.7. The van der Waals surface area contributed by atoms with Gasteiger partial charge in [0.15, 0.2) is 5.70 Å². The maximum Gasteiger partial charge on any atom is 0.737 e. The second kappa shape index (κ2) is 7.40. The fourth-order valence-corrected chi connectivity index (χ4v) is 4.28. The number of hydrogen-bond acceptors (Lipinski definition) is 4. The van der Waals surface area contributed by atoms with E-state index in [2.05, 4.69) is 0 Å². The van der Waals surface area contributed by atoms with Gasteiger partial charge in [-0.1, -0.05) is 30.3 Å². The summed E-state index contributed by atoms with van der Waals surface area (Å²) in [7, 11) is 0. The lowest BCUT2D eigenvalue weighted by molar-refractivity contribution is -0.362. The lowest BCUT2D eigenvalue weighted by Gasteiger charge is -2.30. The van der Waals surface area contributed by atoms with Crippen molar-refractivity contribution < 1.29 is 32.3 Å². The molecule has 3 aliphatic heterocycles. The monoisotopic (exact) mass is 436 g/mol. The molecule has 2 aromatic rings. The van der Waals surface area contributed by atoms with Crippen LogP contribution >= 0.6 is 0 Å². The number of hydrogen-bond donors (Lipinski definition) is 0. The van der Waals surface area contributed by atoms with E-state index in [9.17, 15) is 14.4 Å². The molecule has 5 rings (SSSR count). The summed E-state index contributed by atoms with van der Waals surface area (Å²) in [5, 5.41) is 0.459. The first kappa shape index (κ1) is 20.1. The van der Waals surface area contributed by atoms with Gasteiger partial charge in [-0.2, -0.15) is 0 Å². The number of aromatic nitrogens is 1. The molecular formula is C22H18BF2N3O4. The summed E-state index contributed by atoms with van der Waals surface area (Å²) in [5.74, 6) is -1.99. The third-order valence-electron chi connectivity index (χ3n) is 5.75. The first-order valence-corrected chi connectivity index (χ1v) is 10.3. The van der Waals surface area contributed by atoms with Crippen LogP contribution in [0.3, 0.4) is 0 Å². The number of amides is 2. The lowest BCUT2D eigenvalue weighted by Crippen LogP contribution is -2.50. The van der Waals surface area contributed by atoms with Crippen molar-refractivity contribution in [1.29, 1.82) is 0 Å². The van der Waals surface area contributed by atoms with Gasteiger partial charge >= 0.3 is 12.9 Å². The Labute approximate surface area is 181 Å². The van der Waals surface area contributed by atoms with Crippen molar-refractivity contribution in [1.82, 2.24) is 9.54 Å². The largest absolute Gasteiger partial charge is 0.737 e. The average molecular weight is 436 g/mol. The molecule has 1 aromatic carbocycles. The number of carbonyl (C=O) groups is 3. The van der Waals surface area contributed by atoms with Crippen LogP contribution in [0.4, 0.5) is 8.63 Å². The number of rotatable bonds is 5. The zero-order chi connectivity index (χ0) is 22.5. The number of fused-ring (bicyclic) bond motifs is 2. The molecule has 32 heavy (non-hydrogen) atoms. The van der Waals surface area contributed by atoms with E-state index in [0.29, 0.717) is 27.7 Å². The van der Waals surface area contributed by atoms with Crippen LogP contribution in [0.5, 0.6) is 0 Å². The van der Waals surface area contributed by atoms with Crippen molar-refractivity contribution in [3.63, 3.8) is 0 Å². The Balaban J connectivity index is 1.41. The van der Waals surface area contributed by atoms with Crippen LogP contribution in [-0.2, 0) is 19.2 Å². The van der Waals surface area contributed by atoms with Gasteiger partial charge in [0, 0.05) is 48.9 Å². The van der Waals surface area contributed by atoms with Gasteiger partial charge in [0.1, 0.15) is 5.71 Å². The molecular weight excluding hydrogens is 418 g/mol. The maximum absolute atomic E-state index is 15.8. The van der Waals surface area contributed by atoms with Crippen molar-refractivity contribution >= 4 is 36.5 Å². The lowest BCUT2D eigenvalue weighted by atomic mass is 9.89. The fraction of sp³-hybridized carbons (Fsp3) is 0.182. The minimum Gasteiger partial charge on any atom is -0.390 e. The van der Waals surface area contributed by atoms with E-state index in [1.54, 1.807) is 54.6 Å². The van der Waals surface area contributed by atoms with Crippen molar-refractivity contribution in [2.75, 3.05) is 0 Å². The maximum atomic E-state index is 15.8. The highest BCUT2D eigenvalue weighted by atomic mass is 19.1. The molecule has 1 aromatic heterocycles. The second-order valence-corrected chi connectivity index (χ2v) is 7.78. The fourth-order valence-electron chi connectivity index (χ4n) is 4.28. The van der Waals surface area contributed by atoms with E-state index in [-0.39, 0.29) is 31.4 Å². The standard InChI is InChI=1S/C22H18BF2N3O4/c24-23(25)26-16(9-13-22(31)32-28-20(29)11-12-21(28)30)6-7-17(26)14-18-8-10-19(27(18)23)15-4-2-1-3-5-15/h1-8,10,14H,9,11-13H2/i24-1. The summed E-state index contributed by atoms with van der Waals surface area (Å²) < 4.78 is 33.5. The van der Waals surface area contributed by atoms with Gasteiger partial charge < -0.3 is 22.4 Å². The topological polar surface area (TPSA) is 71.6 Å². The Morgan fingerprint density at radius 2 is 1.75 bits per heavy atom. The molecule has 1 saturated heterocycles. The summed E-state index contributed by atoms with van der Waals surface area (Å²) in [4.78, 5) is 40.2. The quantitative estimate of drug-likeness (QED) is 0.534. The highest BCUT2D eigenvalue weighted by Gasteiger charge is 2.52. The van der Waals surface area contributed by atoms with Gasteiger partial charge in [-0.05, 0) is 17.7 Å². The second-order valence-electron chi connectivity index (χ2n) is 7.78. The van der Waals surface area contributed by atoms with Gasteiger partial charge in [-0.3, -0.25) is 9.59 Å². The zero-order valence-electron chi connectivity index (χ0n) is 16.9. The predicted molar refractivity (Wildman–Crippen MR) is 112 cm³/mol. The summed E-state index contributed by atoms with van der Waals surface area (Å²) in [6.45, 7) is -4.21. The molecule has 0 saturated carbocycles.